The van der Waals surface area contributed by atoms with E-state index in [0.29, 0.717) is 24.0 Å². The summed E-state index contributed by atoms with van der Waals surface area (Å²) in [6.45, 7) is 8.52. The van der Waals surface area contributed by atoms with E-state index in [9.17, 15) is 9.59 Å². The molecular formula is C27H30N4O2. The summed E-state index contributed by atoms with van der Waals surface area (Å²) < 4.78 is 3.41. The van der Waals surface area contributed by atoms with Gasteiger partial charge >= 0.3 is 0 Å². The number of aryl methyl sites for hydroxylation is 2. The highest BCUT2D eigenvalue weighted by atomic mass is 16.2. The average Bonchev–Trinajstić information content (AvgIpc) is 3.10. The Bertz CT molecular complexity index is 1320. The highest BCUT2D eigenvalue weighted by molar-refractivity contribution is 5.89. The topological polar surface area (TPSA) is 68.9 Å². The first-order chi connectivity index (χ1) is 15.9. The maximum atomic E-state index is 13.4. The van der Waals surface area contributed by atoms with Crippen LogP contribution >= 0.6 is 0 Å². The molecule has 0 aliphatic carbocycles. The van der Waals surface area contributed by atoms with Crippen LogP contribution in [0.2, 0.25) is 0 Å². The molecule has 2 atom stereocenters. The lowest BCUT2D eigenvalue weighted by Crippen LogP contribution is -2.35. The number of fused-ring (bicyclic) bond motifs is 1. The SMILES string of the molecule is CC[C@H](C(=O)NC[C@@H](C)c1ccccc1)n1c(C)c2cnn(-c3ccccc3)c(=O)c2c1C. The van der Waals surface area contributed by atoms with Crippen LogP contribution in [0, 0.1) is 13.8 Å². The Morgan fingerprint density at radius 1 is 1.00 bits per heavy atom. The minimum Gasteiger partial charge on any atom is -0.354 e. The molecule has 33 heavy (non-hydrogen) atoms. The first-order valence-electron chi connectivity index (χ1n) is 11.4. The van der Waals surface area contributed by atoms with Crippen molar-refractivity contribution in [2.45, 2.75) is 46.1 Å². The van der Waals surface area contributed by atoms with Gasteiger partial charge in [-0.1, -0.05) is 62.4 Å². The fraction of sp³-hybridized carbons (Fsp3) is 0.296. The number of carbonyl (C=O) groups excluding carboxylic acids is 1. The lowest BCUT2D eigenvalue weighted by molar-refractivity contribution is -0.124. The number of amides is 1. The first-order valence-corrected chi connectivity index (χ1v) is 11.4. The molecule has 0 saturated carbocycles. The van der Waals surface area contributed by atoms with E-state index in [-0.39, 0.29) is 17.4 Å². The van der Waals surface area contributed by atoms with Crippen LogP contribution in [0.15, 0.2) is 71.7 Å². The zero-order valence-corrected chi connectivity index (χ0v) is 19.6. The highest BCUT2D eigenvalue weighted by Crippen LogP contribution is 2.28. The van der Waals surface area contributed by atoms with Crippen LogP contribution in [0.25, 0.3) is 16.5 Å². The Balaban J connectivity index is 1.66. The normalized spacial score (nSPS) is 13.1. The third-order valence-corrected chi connectivity index (χ3v) is 6.41. The number of nitrogens with zero attached hydrogens (tertiary/aromatic N) is 3. The van der Waals surface area contributed by atoms with E-state index >= 15 is 0 Å². The predicted molar refractivity (Wildman–Crippen MR) is 132 cm³/mol. The van der Waals surface area contributed by atoms with Gasteiger partial charge in [-0.15, -0.1) is 0 Å². The van der Waals surface area contributed by atoms with E-state index in [1.165, 1.54) is 10.2 Å². The molecule has 4 aromatic rings. The van der Waals surface area contributed by atoms with E-state index in [1.54, 1.807) is 6.20 Å². The van der Waals surface area contributed by atoms with E-state index in [1.807, 2.05) is 73.9 Å². The molecule has 2 aromatic carbocycles. The van der Waals surface area contributed by atoms with Crippen LogP contribution < -0.4 is 10.9 Å². The molecule has 0 fully saturated rings. The molecule has 2 heterocycles. The van der Waals surface area contributed by atoms with Gasteiger partial charge in [-0.05, 0) is 43.9 Å². The molecule has 6 heteroatoms. The van der Waals surface area contributed by atoms with E-state index in [0.717, 1.165) is 16.8 Å². The van der Waals surface area contributed by atoms with Crippen molar-refractivity contribution >= 4 is 16.7 Å². The zero-order chi connectivity index (χ0) is 23.5. The predicted octanol–water partition coefficient (Wildman–Crippen LogP) is 4.68. The van der Waals surface area contributed by atoms with E-state index in [4.69, 9.17) is 0 Å². The molecule has 0 radical (unpaired) electrons. The second-order valence-electron chi connectivity index (χ2n) is 8.51. The van der Waals surface area contributed by atoms with Gasteiger partial charge in [0.1, 0.15) is 6.04 Å². The minimum absolute atomic E-state index is 0.0388. The van der Waals surface area contributed by atoms with Gasteiger partial charge < -0.3 is 9.88 Å². The van der Waals surface area contributed by atoms with Gasteiger partial charge in [-0.3, -0.25) is 9.59 Å². The Morgan fingerprint density at radius 2 is 1.64 bits per heavy atom. The van der Waals surface area contributed by atoms with Gasteiger partial charge in [-0.2, -0.15) is 9.78 Å². The number of nitrogens with one attached hydrogen (secondary N) is 1. The van der Waals surface area contributed by atoms with Gasteiger partial charge in [0, 0.05) is 23.3 Å². The van der Waals surface area contributed by atoms with Gasteiger partial charge in [0.05, 0.1) is 17.3 Å². The molecule has 1 N–H and O–H groups in total. The van der Waals surface area contributed by atoms with Gasteiger partial charge in [0.15, 0.2) is 0 Å². The summed E-state index contributed by atoms with van der Waals surface area (Å²) in [6.07, 6.45) is 2.35. The average molecular weight is 443 g/mol. The lowest BCUT2D eigenvalue weighted by atomic mass is 10.0. The Kier molecular flexibility index (Phi) is 6.45. The van der Waals surface area contributed by atoms with Crippen LogP contribution in [0.5, 0.6) is 0 Å². The van der Waals surface area contributed by atoms with Crippen molar-refractivity contribution in [3.8, 4) is 5.69 Å². The number of para-hydroxylation sites is 1. The number of aromatic nitrogens is 3. The quantitative estimate of drug-likeness (QED) is 0.452. The molecule has 6 nitrogen and oxygen atoms in total. The van der Waals surface area contributed by atoms with Crippen LogP contribution in [0.1, 0.15) is 49.2 Å². The smallest absolute Gasteiger partial charge is 0.281 e. The minimum atomic E-state index is -0.398. The molecule has 170 valence electrons. The lowest BCUT2D eigenvalue weighted by Gasteiger charge is -2.22. The molecular weight excluding hydrogens is 412 g/mol. The number of benzene rings is 2. The highest BCUT2D eigenvalue weighted by Gasteiger charge is 2.26. The molecule has 0 aliphatic rings. The summed E-state index contributed by atoms with van der Waals surface area (Å²) in [5.41, 5.74) is 3.40. The molecule has 1 amide bonds. The molecule has 0 spiro atoms. The number of hydrogen-bond acceptors (Lipinski definition) is 3. The van der Waals surface area contributed by atoms with Crippen molar-refractivity contribution in [3.63, 3.8) is 0 Å². The monoisotopic (exact) mass is 442 g/mol. The molecule has 0 bridgehead atoms. The summed E-state index contributed by atoms with van der Waals surface area (Å²) in [6, 6.07) is 19.1. The maximum Gasteiger partial charge on any atom is 0.281 e. The van der Waals surface area contributed by atoms with Crippen molar-refractivity contribution < 1.29 is 4.79 Å². The standard InChI is InChI=1S/C27H30N4O2/c1-5-24(26(32)28-16-18(2)21-12-8-6-9-13-21)30-19(3)23-17-29-31(22-14-10-7-11-15-22)27(33)25(23)20(30)4/h6-15,17-18,24H,5,16H2,1-4H3,(H,28,32)/t18-,24-/m1/s1. The van der Waals surface area contributed by atoms with Crippen molar-refractivity contribution in [1.29, 1.82) is 0 Å². The van der Waals surface area contributed by atoms with Crippen LogP contribution in [0.4, 0.5) is 0 Å². The summed E-state index contributed by atoms with van der Waals surface area (Å²) in [7, 11) is 0. The maximum absolute atomic E-state index is 13.4. The third-order valence-electron chi connectivity index (χ3n) is 6.41. The summed E-state index contributed by atoms with van der Waals surface area (Å²) in [5, 5.41) is 8.92. The molecule has 0 aliphatic heterocycles. The Labute approximate surface area is 193 Å². The van der Waals surface area contributed by atoms with Gasteiger partial charge in [0.25, 0.3) is 5.56 Å². The third kappa shape index (κ3) is 4.21. The first kappa shape index (κ1) is 22.5. The van der Waals surface area contributed by atoms with Crippen LogP contribution in [-0.4, -0.2) is 26.8 Å². The van der Waals surface area contributed by atoms with E-state index in [2.05, 4.69) is 29.5 Å². The van der Waals surface area contributed by atoms with Crippen molar-refractivity contribution in [2.75, 3.05) is 6.54 Å². The van der Waals surface area contributed by atoms with Gasteiger partial charge in [-0.25, -0.2) is 0 Å². The van der Waals surface area contributed by atoms with Crippen molar-refractivity contribution in [2.24, 2.45) is 0 Å². The summed E-state index contributed by atoms with van der Waals surface area (Å²) >= 11 is 0. The van der Waals surface area contributed by atoms with Crippen LogP contribution in [-0.2, 0) is 4.79 Å². The fourth-order valence-electron chi connectivity index (χ4n) is 4.56. The second-order valence-corrected chi connectivity index (χ2v) is 8.51. The Hall–Kier alpha value is -3.67. The van der Waals surface area contributed by atoms with Crippen LogP contribution in [0.3, 0.4) is 0 Å². The Morgan fingerprint density at radius 3 is 2.27 bits per heavy atom. The molecule has 0 unspecified atom stereocenters. The van der Waals surface area contributed by atoms with Crippen molar-refractivity contribution in [3.05, 3.63) is 94.2 Å². The second kappa shape index (κ2) is 9.45. The fourth-order valence-corrected chi connectivity index (χ4v) is 4.56. The largest absolute Gasteiger partial charge is 0.354 e. The number of carbonyl (C=O) groups is 1. The molecule has 2 aromatic heterocycles. The summed E-state index contributed by atoms with van der Waals surface area (Å²) in [5.74, 6) is 0.170. The van der Waals surface area contributed by atoms with E-state index < -0.39 is 6.04 Å². The number of rotatable bonds is 7. The molecule has 4 rings (SSSR count). The van der Waals surface area contributed by atoms with Gasteiger partial charge in [0.2, 0.25) is 5.91 Å². The number of hydrogen-bond donors (Lipinski definition) is 1. The summed E-state index contributed by atoms with van der Waals surface area (Å²) in [4.78, 5) is 26.6. The van der Waals surface area contributed by atoms with Crippen molar-refractivity contribution in [1.82, 2.24) is 19.7 Å². The zero-order valence-electron chi connectivity index (χ0n) is 19.6. The molecule has 0 saturated heterocycles.